The lowest BCUT2D eigenvalue weighted by Crippen LogP contribution is -2.18. The topological polar surface area (TPSA) is 47.3 Å². The largest absolute Gasteiger partial charge is 0.490 e. The third-order valence-corrected chi connectivity index (χ3v) is 1.59. The maximum atomic E-state index is 5.32. The van der Waals surface area contributed by atoms with E-state index in [4.69, 9.17) is 22.7 Å². The second kappa shape index (κ2) is 5.24. The number of ether oxygens (including phenoxy) is 1. The minimum Gasteiger partial charge on any atom is -0.490 e. The predicted molar refractivity (Wildman–Crippen MR) is 62.5 cm³/mol. The normalized spacial score (nSPS) is 9.14. The Morgan fingerprint density at radius 3 is 2.64 bits per heavy atom. The third-order valence-electron chi connectivity index (χ3n) is 1.49. The summed E-state index contributed by atoms with van der Waals surface area (Å²) in [6.45, 7) is 4.06. The average Bonchev–Trinajstić information content (AvgIpc) is 2.16. The van der Waals surface area contributed by atoms with Gasteiger partial charge in [-0.3, -0.25) is 0 Å². The van der Waals surface area contributed by atoms with Gasteiger partial charge in [-0.2, -0.15) is 0 Å². The standard InChI is InChI=1S/C10H12N2OS/c1-2-7-13-9-5-3-8(4-6-9)12-10(11)14/h2-6H,1,7H2,(H3,11,12,14). The summed E-state index contributed by atoms with van der Waals surface area (Å²) < 4.78 is 5.31. The SMILES string of the molecule is C=CCOc1ccc(NC(N)=S)cc1. The minimum atomic E-state index is 0.254. The van der Waals surface area contributed by atoms with Gasteiger partial charge >= 0.3 is 0 Å². The van der Waals surface area contributed by atoms with Crippen molar-refractivity contribution in [3.05, 3.63) is 36.9 Å². The van der Waals surface area contributed by atoms with Crippen LogP contribution in [0.1, 0.15) is 0 Å². The van der Waals surface area contributed by atoms with Crippen LogP contribution in [0.3, 0.4) is 0 Å². The van der Waals surface area contributed by atoms with Crippen molar-refractivity contribution in [2.45, 2.75) is 0 Å². The Morgan fingerprint density at radius 1 is 1.50 bits per heavy atom. The zero-order valence-electron chi connectivity index (χ0n) is 7.69. The Kier molecular flexibility index (Phi) is 3.94. The molecule has 1 rings (SSSR count). The molecular weight excluding hydrogens is 196 g/mol. The van der Waals surface area contributed by atoms with Crippen LogP contribution in [0, 0.1) is 0 Å². The fourth-order valence-corrected chi connectivity index (χ4v) is 1.05. The number of thiocarbonyl (C=S) groups is 1. The second-order valence-electron chi connectivity index (χ2n) is 2.61. The van der Waals surface area contributed by atoms with E-state index in [0.717, 1.165) is 11.4 Å². The Morgan fingerprint density at radius 2 is 2.14 bits per heavy atom. The first-order valence-electron chi connectivity index (χ1n) is 4.12. The van der Waals surface area contributed by atoms with Gasteiger partial charge in [-0.1, -0.05) is 12.7 Å². The van der Waals surface area contributed by atoms with Crippen molar-refractivity contribution < 1.29 is 4.74 Å². The van der Waals surface area contributed by atoms with Gasteiger partial charge in [0.2, 0.25) is 0 Å². The zero-order valence-corrected chi connectivity index (χ0v) is 8.51. The first-order valence-corrected chi connectivity index (χ1v) is 4.53. The van der Waals surface area contributed by atoms with Gasteiger partial charge < -0.3 is 15.8 Å². The molecule has 1 aromatic carbocycles. The van der Waals surface area contributed by atoms with Crippen LogP contribution in [0.15, 0.2) is 36.9 Å². The molecule has 0 unspecified atom stereocenters. The van der Waals surface area contributed by atoms with Gasteiger partial charge in [0.25, 0.3) is 0 Å². The predicted octanol–water partition coefficient (Wildman–Crippen LogP) is 1.91. The molecule has 74 valence electrons. The van der Waals surface area contributed by atoms with Crippen LogP contribution in [-0.2, 0) is 0 Å². The summed E-state index contributed by atoms with van der Waals surface area (Å²) in [5.41, 5.74) is 6.17. The van der Waals surface area contributed by atoms with Crippen molar-refractivity contribution in [1.29, 1.82) is 0 Å². The first-order chi connectivity index (χ1) is 6.72. The lowest BCUT2D eigenvalue weighted by molar-refractivity contribution is 0.363. The van der Waals surface area contributed by atoms with Crippen LogP contribution in [0.25, 0.3) is 0 Å². The summed E-state index contributed by atoms with van der Waals surface area (Å²) >= 11 is 4.70. The molecule has 0 aliphatic heterocycles. The Labute approximate surface area is 88.6 Å². The Balaban J connectivity index is 2.58. The number of rotatable bonds is 4. The van der Waals surface area contributed by atoms with Gasteiger partial charge in [-0.15, -0.1) is 0 Å². The smallest absolute Gasteiger partial charge is 0.168 e. The van der Waals surface area contributed by atoms with E-state index in [-0.39, 0.29) is 5.11 Å². The van der Waals surface area contributed by atoms with E-state index in [1.54, 1.807) is 6.08 Å². The fraction of sp³-hybridized carbons (Fsp3) is 0.100. The first kappa shape index (κ1) is 10.5. The van der Waals surface area contributed by atoms with E-state index in [0.29, 0.717) is 6.61 Å². The second-order valence-corrected chi connectivity index (χ2v) is 3.05. The maximum Gasteiger partial charge on any atom is 0.168 e. The Hall–Kier alpha value is -1.55. The highest BCUT2D eigenvalue weighted by molar-refractivity contribution is 7.80. The molecule has 0 spiro atoms. The molecule has 14 heavy (non-hydrogen) atoms. The van der Waals surface area contributed by atoms with E-state index in [9.17, 15) is 0 Å². The highest BCUT2D eigenvalue weighted by Gasteiger charge is 1.94. The van der Waals surface area contributed by atoms with Gasteiger partial charge in [0.15, 0.2) is 5.11 Å². The lowest BCUT2D eigenvalue weighted by atomic mass is 10.3. The lowest BCUT2D eigenvalue weighted by Gasteiger charge is -2.05. The van der Waals surface area contributed by atoms with Crippen LogP contribution >= 0.6 is 12.2 Å². The molecule has 1 aromatic rings. The molecule has 0 heterocycles. The summed E-state index contributed by atoms with van der Waals surface area (Å²) in [4.78, 5) is 0. The number of hydrogen-bond donors (Lipinski definition) is 2. The van der Waals surface area contributed by atoms with Gasteiger partial charge in [0.1, 0.15) is 12.4 Å². The molecular formula is C10H12N2OS. The number of anilines is 1. The quantitative estimate of drug-likeness (QED) is 0.586. The highest BCUT2D eigenvalue weighted by Crippen LogP contribution is 2.15. The van der Waals surface area contributed by atoms with E-state index < -0.39 is 0 Å². The van der Waals surface area contributed by atoms with E-state index in [1.807, 2.05) is 24.3 Å². The van der Waals surface area contributed by atoms with E-state index in [1.165, 1.54) is 0 Å². The summed E-state index contributed by atoms with van der Waals surface area (Å²) in [6, 6.07) is 7.36. The zero-order chi connectivity index (χ0) is 10.4. The molecule has 0 aliphatic carbocycles. The van der Waals surface area contributed by atoms with Crippen LogP contribution in [0.5, 0.6) is 5.75 Å². The van der Waals surface area contributed by atoms with Gasteiger partial charge in [-0.05, 0) is 36.5 Å². The number of hydrogen-bond acceptors (Lipinski definition) is 2. The monoisotopic (exact) mass is 208 g/mol. The van der Waals surface area contributed by atoms with Crippen molar-refractivity contribution in [1.82, 2.24) is 0 Å². The van der Waals surface area contributed by atoms with Crippen LogP contribution < -0.4 is 15.8 Å². The van der Waals surface area contributed by atoms with E-state index in [2.05, 4.69) is 11.9 Å². The van der Waals surface area contributed by atoms with Gasteiger partial charge in [-0.25, -0.2) is 0 Å². The highest BCUT2D eigenvalue weighted by atomic mass is 32.1. The molecule has 3 nitrogen and oxygen atoms in total. The summed E-state index contributed by atoms with van der Waals surface area (Å²) in [7, 11) is 0. The average molecular weight is 208 g/mol. The molecule has 0 bridgehead atoms. The molecule has 0 atom stereocenters. The number of benzene rings is 1. The molecule has 0 saturated carbocycles. The van der Waals surface area contributed by atoms with Crippen molar-refractivity contribution in [2.24, 2.45) is 5.73 Å². The maximum absolute atomic E-state index is 5.32. The number of nitrogens with one attached hydrogen (secondary N) is 1. The molecule has 0 saturated heterocycles. The molecule has 0 aliphatic rings. The van der Waals surface area contributed by atoms with E-state index >= 15 is 0 Å². The van der Waals surface area contributed by atoms with Crippen molar-refractivity contribution in [3.63, 3.8) is 0 Å². The minimum absolute atomic E-state index is 0.254. The summed E-state index contributed by atoms with van der Waals surface area (Å²) in [6.07, 6.45) is 1.70. The van der Waals surface area contributed by atoms with Crippen LogP contribution in [-0.4, -0.2) is 11.7 Å². The van der Waals surface area contributed by atoms with Crippen molar-refractivity contribution in [3.8, 4) is 5.75 Å². The van der Waals surface area contributed by atoms with Crippen LogP contribution in [0.2, 0.25) is 0 Å². The number of nitrogens with two attached hydrogens (primary N) is 1. The molecule has 0 amide bonds. The van der Waals surface area contributed by atoms with Gasteiger partial charge in [0, 0.05) is 5.69 Å². The van der Waals surface area contributed by atoms with Crippen molar-refractivity contribution >= 4 is 23.0 Å². The molecule has 3 N–H and O–H groups in total. The molecule has 0 fully saturated rings. The summed E-state index contributed by atoms with van der Waals surface area (Å²) in [5.74, 6) is 0.790. The molecule has 0 aromatic heterocycles. The molecule has 0 radical (unpaired) electrons. The van der Waals surface area contributed by atoms with Crippen LogP contribution in [0.4, 0.5) is 5.69 Å². The van der Waals surface area contributed by atoms with Crippen molar-refractivity contribution in [2.75, 3.05) is 11.9 Å². The molecule has 4 heteroatoms. The van der Waals surface area contributed by atoms with Gasteiger partial charge in [0.05, 0.1) is 0 Å². The summed E-state index contributed by atoms with van der Waals surface area (Å²) in [5, 5.41) is 3.08. The Bertz CT molecular complexity index is 321. The third kappa shape index (κ3) is 3.45. The fourth-order valence-electron chi connectivity index (χ4n) is 0.932.